The maximum atomic E-state index is 11.9. The summed E-state index contributed by atoms with van der Waals surface area (Å²) in [5.41, 5.74) is 5.52. The molecule has 0 unspecified atom stereocenters. The Bertz CT molecular complexity index is 892. The minimum Gasteiger partial charge on any atom is -0.489 e. The first-order valence-electron chi connectivity index (χ1n) is 8.52. The second-order valence-electron chi connectivity index (χ2n) is 5.94. The van der Waals surface area contributed by atoms with Crippen molar-refractivity contribution in [2.24, 2.45) is 5.10 Å². The number of hydrazone groups is 1. The van der Waals surface area contributed by atoms with Crippen molar-refractivity contribution >= 4 is 34.7 Å². The lowest BCUT2D eigenvalue weighted by Gasteiger charge is -2.06. The minimum absolute atomic E-state index is 0.144. The van der Waals surface area contributed by atoms with E-state index in [1.54, 1.807) is 6.21 Å². The maximum absolute atomic E-state index is 11.9. The van der Waals surface area contributed by atoms with Gasteiger partial charge in [-0.1, -0.05) is 42.5 Å². The van der Waals surface area contributed by atoms with Crippen LogP contribution in [0.15, 0.2) is 84.0 Å². The normalized spacial score (nSPS) is 10.7. The molecule has 3 aromatic carbocycles. The SMILES string of the molecule is O=C(Cc1ccccc1)N/N=C\c1ccc(OCc2ccc(I)cc2)cc1. The van der Waals surface area contributed by atoms with Crippen LogP contribution in [0.1, 0.15) is 16.7 Å². The molecule has 5 heteroatoms. The van der Waals surface area contributed by atoms with Gasteiger partial charge >= 0.3 is 0 Å². The molecule has 27 heavy (non-hydrogen) atoms. The van der Waals surface area contributed by atoms with Crippen LogP contribution in [0.3, 0.4) is 0 Å². The van der Waals surface area contributed by atoms with Crippen LogP contribution in [0.2, 0.25) is 0 Å². The Morgan fingerprint density at radius 2 is 1.63 bits per heavy atom. The molecule has 0 spiro atoms. The number of nitrogens with zero attached hydrogens (tertiary/aromatic N) is 1. The van der Waals surface area contributed by atoms with Crippen molar-refractivity contribution in [2.45, 2.75) is 13.0 Å². The van der Waals surface area contributed by atoms with Crippen molar-refractivity contribution in [3.8, 4) is 5.75 Å². The molecule has 0 aliphatic carbocycles. The standard InChI is InChI=1S/C22H19IN2O2/c23-20-10-6-19(7-11-20)16-27-21-12-8-18(9-13-21)15-24-25-22(26)14-17-4-2-1-3-5-17/h1-13,15H,14,16H2,(H,25,26)/b24-15-. The summed E-state index contributed by atoms with van der Waals surface area (Å²) in [6.45, 7) is 0.528. The number of rotatable bonds is 7. The summed E-state index contributed by atoms with van der Waals surface area (Å²) >= 11 is 2.28. The topological polar surface area (TPSA) is 50.7 Å². The Morgan fingerprint density at radius 1 is 0.926 bits per heavy atom. The summed E-state index contributed by atoms with van der Waals surface area (Å²) in [6, 6.07) is 25.4. The molecule has 1 amide bonds. The number of hydrogen-bond donors (Lipinski definition) is 1. The molecule has 0 saturated carbocycles. The largest absolute Gasteiger partial charge is 0.489 e. The van der Waals surface area contributed by atoms with Crippen molar-refractivity contribution in [1.82, 2.24) is 5.43 Å². The average molecular weight is 470 g/mol. The van der Waals surface area contributed by atoms with E-state index < -0.39 is 0 Å². The van der Waals surface area contributed by atoms with Crippen molar-refractivity contribution in [3.63, 3.8) is 0 Å². The molecular weight excluding hydrogens is 451 g/mol. The molecule has 0 bridgehead atoms. The summed E-state index contributed by atoms with van der Waals surface area (Å²) in [5.74, 6) is 0.647. The summed E-state index contributed by atoms with van der Waals surface area (Å²) in [7, 11) is 0. The van der Waals surface area contributed by atoms with Gasteiger partial charge in [0.1, 0.15) is 12.4 Å². The van der Waals surface area contributed by atoms with Gasteiger partial charge in [-0.05, 0) is 75.7 Å². The van der Waals surface area contributed by atoms with Crippen LogP contribution < -0.4 is 10.2 Å². The predicted molar refractivity (Wildman–Crippen MR) is 116 cm³/mol. The van der Waals surface area contributed by atoms with Crippen LogP contribution in [-0.4, -0.2) is 12.1 Å². The van der Waals surface area contributed by atoms with E-state index in [9.17, 15) is 4.79 Å². The summed E-state index contributed by atoms with van der Waals surface area (Å²) in [6.07, 6.45) is 1.93. The summed E-state index contributed by atoms with van der Waals surface area (Å²) in [5, 5.41) is 4.00. The molecule has 3 aromatic rings. The van der Waals surface area contributed by atoms with Crippen molar-refractivity contribution in [1.29, 1.82) is 0 Å². The maximum Gasteiger partial charge on any atom is 0.244 e. The van der Waals surface area contributed by atoms with Gasteiger partial charge in [-0.3, -0.25) is 4.79 Å². The zero-order chi connectivity index (χ0) is 18.9. The second kappa shape index (κ2) is 9.87. The van der Waals surface area contributed by atoms with Crippen molar-refractivity contribution in [2.75, 3.05) is 0 Å². The summed E-state index contributed by atoms with van der Waals surface area (Å²) < 4.78 is 6.98. The van der Waals surface area contributed by atoms with Gasteiger partial charge in [-0.25, -0.2) is 5.43 Å². The molecule has 136 valence electrons. The van der Waals surface area contributed by atoms with E-state index in [-0.39, 0.29) is 5.91 Å². The average Bonchev–Trinajstić information content (AvgIpc) is 2.69. The highest BCUT2D eigenvalue weighted by Crippen LogP contribution is 2.14. The molecule has 0 fully saturated rings. The number of ether oxygens (including phenoxy) is 1. The Hall–Kier alpha value is -2.67. The molecule has 0 radical (unpaired) electrons. The predicted octanol–water partition coefficient (Wildman–Crippen LogP) is 4.56. The van der Waals surface area contributed by atoms with E-state index >= 15 is 0 Å². The van der Waals surface area contributed by atoms with E-state index in [1.807, 2.05) is 54.6 Å². The van der Waals surface area contributed by atoms with Gasteiger partial charge in [0.15, 0.2) is 0 Å². The first kappa shape index (κ1) is 19.1. The number of nitrogens with one attached hydrogen (secondary N) is 1. The van der Waals surface area contributed by atoms with Gasteiger partial charge < -0.3 is 4.74 Å². The smallest absolute Gasteiger partial charge is 0.244 e. The number of amides is 1. The van der Waals surface area contributed by atoms with Gasteiger partial charge in [0.25, 0.3) is 0 Å². The molecule has 0 atom stereocenters. The first-order valence-corrected chi connectivity index (χ1v) is 9.60. The van der Waals surface area contributed by atoms with E-state index in [0.29, 0.717) is 13.0 Å². The summed E-state index contributed by atoms with van der Waals surface area (Å²) in [4.78, 5) is 11.9. The number of carbonyl (C=O) groups excluding carboxylic acids is 1. The number of hydrogen-bond acceptors (Lipinski definition) is 3. The lowest BCUT2D eigenvalue weighted by Crippen LogP contribution is -2.19. The molecule has 0 aliphatic heterocycles. The lowest BCUT2D eigenvalue weighted by atomic mass is 10.1. The van der Waals surface area contributed by atoms with Crippen LogP contribution in [0.5, 0.6) is 5.75 Å². The monoisotopic (exact) mass is 470 g/mol. The highest BCUT2D eigenvalue weighted by Gasteiger charge is 2.01. The molecule has 0 aliphatic rings. The van der Waals surface area contributed by atoms with Crippen LogP contribution >= 0.6 is 22.6 Å². The fourth-order valence-electron chi connectivity index (χ4n) is 2.40. The zero-order valence-corrected chi connectivity index (χ0v) is 16.8. The zero-order valence-electron chi connectivity index (χ0n) is 14.6. The van der Waals surface area contributed by atoms with Gasteiger partial charge in [0.2, 0.25) is 5.91 Å². The quantitative estimate of drug-likeness (QED) is 0.313. The minimum atomic E-state index is -0.144. The number of benzene rings is 3. The van der Waals surface area contributed by atoms with E-state index in [2.05, 4.69) is 57.4 Å². The van der Waals surface area contributed by atoms with Gasteiger partial charge in [-0.15, -0.1) is 0 Å². The van der Waals surface area contributed by atoms with Crippen molar-refractivity contribution < 1.29 is 9.53 Å². The molecule has 0 heterocycles. The molecule has 4 nitrogen and oxygen atoms in total. The van der Waals surface area contributed by atoms with Gasteiger partial charge in [0.05, 0.1) is 12.6 Å². The third-order valence-electron chi connectivity index (χ3n) is 3.81. The Kier molecular flexibility index (Phi) is 6.98. The fraction of sp³-hybridized carbons (Fsp3) is 0.0909. The second-order valence-corrected chi connectivity index (χ2v) is 7.19. The fourth-order valence-corrected chi connectivity index (χ4v) is 2.76. The number of halogens is 1. The van der Waals surface area contributed by atoms with E-state index in [4.69, 9.17) is 4.74 Å². The highest BCUT2D eigenvalue weighted by molar-refractivity contribution is 14.1. The van der Waals surface area contributed by atoms with Gasteiger partial charge in [0, 0.05) is 3.57 Å². The molecule has 3 rings (SSSR count). The molecule has 1 N–H and O–H groups in total. The van der Waals surface area contributed by atoms with E-state index in [0.717, 1.165) is 22.4 Å². The first-order chi connectivity index (χ1) is 13.2. The van der Waals surface area contributed by atoms with Crippen LogP contribution in [0.25, 0.3) is 0 Å². The van der Waals surface area contributed by atoms with Gasteiger partial charge in [-0.2, -0.15) is 5.10 Å². The van der Waals surface area contributed by atoms with Crippen LogP contribution in [0, 0.1) is 3.57 Å². The molecule has 0 aromatic heterocycles. The van der Waals surface area contributed by atoms with Crippen LogP contribution in [-0.2, 0) is 17.8 Å². The van der Waals surface area contributed by atoms with E-state index in [1.165, 1.54) is 3.57 Å². The molecule has 0 saturated heterocycles. The van der Waals surface area contributed by atoms with Crippen molar-refractivity contribution in [3.05, 3.63) is 99.1 Å². The van der Waals surface area contributed by atoms with Crippen LogP contribution in [0.4, 0.5) is 0 Å². The Labute approximate surface area is 172 Å². The third kappa shape index (κ3) is 6.53. The lowest BCUT2D eigenvalue weighted by molar-refractivity contribution is -0.120. The Morgan fingerprint density at radius 3 is 2.33 bits per heavy atom. The third-order valence-corrected chi connectivity index (χ3v) is 4.53. The molecular formula is C22H19IN2O2. The highest BCUT2D eigenvalue weighted by atomic mass is 127. The number of carbonyl (C=O) groups is 1. The Balaban J connectivity index is 1.46.